The van der Waals surface area contributed by atoms with Gasteiger partial charge in [0, 0.05) is 41.0 Å². The highest BCUT2D eigenvalue weighted by Gasteiger charge is 2.45. The van der Waals surface area contributed by atoms with E-state index in [0.717, 1.165) is 13.1 Å². The average molecular weight is 543 g/mol. The van der Waals surface area contributed by atoms with Gasteiger partial charge in [0.05, 0.1) is 6.04 Å². The maximum atomic E-state index is 2.66. The van der Waals surface area contributed by atoms with E-state index < -0.39 is 0 Å². The molecule has 0 spiro atoms. The molecule has 0 radical (unpaired) electrons. The fourth-order valence-corrected chi connectivity index (χ4v) is 7.66. The van der Waals surface area contributed by atoms with Crippen molar-refractivity contribution in [2.45, 2.75) is 72.3 Å². The molecule has 0 bridgehead atoms. The molecule has 0 fully saturated rings. The molecule has 0 amide bonds. The monoisotopic (exact) mass is 542 g/mol. The molecular weight excluding hydrogens is 496 g/mol. The Morgan fingerprint density at radius 2 is 1.24 bits per heavy atom. The van der Waals surface area contributed by atoms with Crippen LogP contribution in [-0.2, 0) is 10.8 Å². The van der Waals surface area contributed by atoms with E-state index in [2.05, 4.69) is 156 Å². The van der Waals surface area contributed by atoms with Gasteiger partial charge >= 0.3 is 0 Å². The van der Waals surface area contributed by atoms with Crippen molar-refractivity contribution in [3.8, 4) is 0 Å². The second kappa shape index (κ2) is 10.1. The summed E-state index contributed by atoms with van der Waals surface area (Å²) in [6.45, 7) is 21.1. The van der Waals surface area contributed by atoms with Gasteiger partial charge in [-0.2, -0.15) is 0 Å². The van der Waals surface area contributed by atoms with E-state index in [-0.39, 0.29) is 16.9 Å². The molecule has 1 unspecified atom stereocenters. The minimum atomic E-state index is -0.0859. The number of hydrogen-bond acceptors (Lipinski definition) is 2. The zero-order chi connectivity index (χ0) is 29.1. The lowest BCUT2D eigenvalue weighted by atomic mass is 9.78. The predicted octanol–water partition coefficient (Wildman–Crippen LogP) is 10.0. The maximum absolute atomic E-state index is 2.66. The largest absolute Gasteiger partial charge is 0.364 e. The van der Waals surface area contributed by atoms with Gasteiger partial charge in [-0.05, 0) is 62.7 Å². The number of anilines is 2. The molecule has 0 saturated heterocycles. The third-order valence-electron chi connectivity index (χ3n) is 9.35. The summed E-state index contributed by atoms with van der Waals surface area (Å²) in [5, 5.41) is 5.42. The van der Waals surface area contributed by atoms with Gasteiger partial charge < -0.3 is 9.80 Å². The molecule has 0 aliphatic carbocycles. The third kappa shape index (κ3) is 4.47. The molecular formula is C39H46N2. The summed E-state index contributed by atoms with van der Waals surface area (Å²) in [6.07, 6.45) is 7.27. The highest BCUT2D eigenvalue weighted by Crippen LogP contribution is 2.52. The molecule has 2 heterocycles. The van der Waals surface area contributed by atoms with Crippen LogP contribution in [0.5, 0.6) is 0 Å². The van der Waals surface area contributed by atoms with Gasteiger partial charge in [0.25, 0.3) is 0 Å². The van der Waals surface area contributed by atoms with Crippen molar-refractivity contribution in [1.82, 2.24) is 0 Å². The van der Waals surface area contributed by atoms with Crippen molar-refractivity contribution in [2.24, 2.45) is 11.8 Å². The summed E-state index contributed by atoms with van der Waals surface area (Å²) in [5.41, 5.74) is 7.00. The number of rotatable bonds is 6. The van der Waals surface area contributed by atoms with Crippen LogP contribution >= 0.6 is 0 Å². The van der Waals surface area contributed by atoms with Crippen molar-refractivity contribution in [1.29, 1.82) is 0 Å². The van der Waals surface area contributed by atoms with Gasteiger partial charge in [-0.3, -0.25) is 0 Å². The van der Waals surface area contributed by atoms with E-state index in [1.807, 2.05) is 0 Å². The smallest absolute Gasteiger partial charge is 0.0568 e. The van der Waals surface area contributed by atoms with Crippen molar-refractivity contribution < 1.29 is 0 Å². The van der Waals surface area contributed by atoms with E-state index in [0.29, 0.717) is 11.8 Å². The fourth-order valence-electron chi connectivity index (χ4n) is 7.66. The van der Waals surface area contributed by atoms with E-state index in [1.54, 1.807) is 0 Å². The van der Waals surface area contributed by atoms with Crippen LogP contribution in [0.3, 0.4) is 0 Å². The normalized spacial score (nSPS) is 20.3. The highest BCUT2D eigenvalue weighted by atomic mass is 15.2. The van der Waals surface area contributed by atoms with Crippen LogP contribution in [0, 0.1) is 11.8 Å². The minimum Gasteiger partial charge on any atom is -0.364 e. The minimum absolute atomic E-state index is 0.0118. The van der Waals surface area contributed by atoms with E-state index in [4.69, 9.17) is 0 Å². The zero-order valence-corrected chi connectivity index (χ0v) is 26.2. The Bertz CT molecular complexity index is 1670. The molecule has 0 saturated carbocycles. The second-order valence-corrected chi connectivity index (χ2v) is 14.1. The molecule has 2 aliphatic heterocycles. The lowest BCUT2D eigenvalue weighted by molar-refractivity contribution is 0.459. The topological polar surface area (TPSA) is 6.48 Å². The number of fused-ring (bicyclic) bond motifs is 6. The predicted molar refractivity (Wildman–Crippen MR) is 179 cm³/mol. The summed E-state index contributed by atoms with van der Waals surface area (Å²) in [5.74, 6) is 1.14. The number of benzene rings is 4. The first kappa shape index (κ1) is 27.6. The Morgan fingerprint density at radius 3 is 1.85 bits per heavy atom. The Labute approximate surface area is 247 Å². The molecule has 0 N–H and O–H groups in total. The first-order chi connectivity index (χ1) is 19.5. The number of allylic oxidation sites excluding steroid dienone is 3. The van der Waals surface area contributed by atoms with Gasteiger partial charge in [0.1, 0.15) is 0 Å². The molecule has 1 atom stereocenters. The van der Waals surface area contributed by atoms with Crippen LogP contribution in [0.4, 0.5) is 11.4 Å². The lowest BCUT2D eigenvalue weighted by Gasteiger charge is -2.33. The Kier molecular flexibility index (Phi) is 6.80. The summed E-state index contributed by atoms with van der Waals surface area (Å²) >= 11 is 0. The van der Waals surface area contributed by atoms with Gasteiger partial charge in [0.2, 0.25) is 0 Å². The maximum Gasteiger partial charge on any atom is 0.0568 e. The molecule has 2 heteroatoms. The fraction of sp³-hybridized carbons (Fsp3) is 0.385. The molecule has 2 nitrogen and oxygen atoms in total. The lowest BCUT2D eigenvalue weighted by Crippen LogP contribution is -2.41. The Hall–Kier alpha value is -3.52. The molecule has 2 aliphatic rings. The summed E-state index contributed by atoms with van der Waals surface area (Å²) < 4.78 is 0. The molecule has 0 aromatic heterocycles. The summed E-state index contributed by atoms with van der Waals surface area (Å²) in [7, 11) is 0. The number of hydrogen-bond donors (Lipinski definition) is 0. The van der Waals surface area contributed by atoms with Crippen molar-refractivity contribution in [3.05, 3.63) is 108 Å². The Balaban J connectivity index is 1.44. The van der Waals surface area contributed by atoms with Crippen molar-refractivity contribution in [3.63, 3.8) is 0 Å². The first-order valence-electron chi connectivity index (χ1n) is 15.5. The van der Waals surface area contributed by atoms with Crippen LogP contribution < -0.4 is 9.80 Å². The standard InChI is InChI=1S/C39H46N2/c1-26(2)24-40-32-22-20-28-14-9-11-16-30(28)36(32)38(5,6)34(40)18-13-19-35-39(7,8)37-31-17-12-10-15-29(31)21-23-33(37)41(35)25-27(3)4/h9-23,26-27,34H,24-25H2,1-8H3. The average Bonchev–Trinajstić information content (AvgIpc) is 3.27. The van der Waals surface area contributed by atoms with Gasteiger partial charge in [-0.25, -0.2) is 0 Å². The molecule has 6 rings (SSSR count). The van der Waals surface area contributed by atoms with E-state index in [1.165, 1.54) is 49.7 Å². The molecule has 4 aromatic carbocycles. The van der Waals surface area contributed by atoms with Crippen molar-refractivity contribution in [2.75, 3.05) is 22.9 Å². The van der Waals surface area contributed by atoms with Crippen LogP contribution in [0.1, 0.15) is 66.5 Å². The quantitative estimate of drug-likeness (QED) is 0.239. The van der Waals surface area contributed by atoms with Gasteiger partial charge in [-0.1, -0.05) is 128 Å². The molecule has 4 aromatic rings. The summed E-state index contributed by atoms with van der Waals surface area (Å²) in [6, 6.07) is 27.4. The third-order valence-corrected chi connectivity index (χ3v) is 9.35. The van der Waals surface area contributed by atoms with E-state index >= 15 is 0 Å². The zero-order valence-electron chi connectivity index (χ0n) is 26.2. The van der Waals surface area contributed by atoms with Crippen molar-refractivity contribution >= 4 is 32.9 Å². The van der Waals surface area contributed by atoms with Crippen LogP contribution in [-0.4, -0.2) is 19.1 Å². The summed E-state index contributed by atoms with van der Waals surface area (Å²) in [4.78, 5) is 5.25. The highest BCUT2D eigenvalue weighted by molar-refractivity contribution is 5.95. The number of nitrogens with zero attached hydrogens (tertiary/aromatic N) is 2. The second-order valence-electron chi connectivity index (χ2n) is 14.1. The molecule has 212 valence electrons. The first-order valence-corrected chi connectivity index (χ1v) is 15.5. The van der Waals surface area contributed by atoms with Gasteiger partial charge in [-0.15, -0.1) is 0 Å². The Morgan fingerprint density at radius 1 is 0.683 bits per heavy atom. The van der Waals surface area contributed by atoms with Crippen LogP contribution in [0.15, 0.2) is 96.7 Å². The van der Waals surface area contributed by atoms with Gasteiger partial charge in [0.15, 0.2) is 0 Å². The SMILES string of the molecule is CC(C)CN1C(=CC=CC2N(CC(C)C)c3ccc4ccccc4c3C2(C)C)C(C)(C)c2c1ccc1ccccc21. The van der Waals surface area contributed by atoms with Crippen LogP contribution in [0.25, 0.3) is 21.5 Å². The van der Waals surface area contributed by atoms with Crippen LogP contribution in [0.2, 0.25) is 0 Å². The van der Waals surface area contributed by atoms with E-state index in [9.17, 15) is 0 Å². The molecule has 41 heavy (non-hydrogen) atoms.